The first kappa shape index (κ1) is 22.4. The molecule has 2 aromatic carbocycles. The molecule has 2 rings (SSSR count). The van der Waals surface area contributed by atoms with E-state index >= 15 is 0 Å². The van der Waals surface area contributed by atoms with Crippen LogP contribution in [0.5, 0.6) is 0 Å². The Kier molecular flexibility index (Phi) is 8.17. The lowest BCUT2D eigenvalue weighted by atomic mass is 10.1. The third-order valence-electron chi connectivity index (χ3n) is 4.19. The van der Waals surface area contributed by atoms with Crippen molar-refractivity contribution in [3.05, 3.63) is 65.2 Å². The molecule has 0 spiro atoms. The van der Waals surface area contributed by atoms with Crippen LogP contribution < -0.4 is 20.7 Å². The van der Waals surface area contributed by atoms with Gasteiger partial charge in [-0.25, -0.2) is 17.9 Å². The van der Waals surface area contributed by atoms with Crippen molar-refractivity contribution in [1.82, 2.24) is 15.4 Å². The van der Waals surface area contributed by atoms with E-state index < -0.39 is 16.1 Å². The first-order valence-electron chi connectivity index (χ1n) is 9.21. The van der Waals surface area contributed by atoms with Crippen molar-refractivity contribution in [1.29, 1.82) is 0 Å². The van der Waals surface area contributed by atoms with E-state index in [0.717, 1.165) is 23.2 Å². The van der Waals surface area contributed by atoms with E-state index in [4.69, 9.17) is 0 Å². The minimum Gasteiger partial charge on any atom is -0.334 e. The third-order valence-corrected chi connectivity index (χ3v) is 5.53. The molecule has 156 valence electrons. The van der Waals surface area contributed by atoms with Crippen molar-refractivity contribution in [2.24, 2.45) is 0 Å². The largest absolute Gasteiger partial charge is 0.334 e. The van der Waals surface area contributed by atoms with Crippen LogP contribution in [-0.4, -0.2) is 33.9 Å². The SMILES string of the molecule is CCc1ccccc1NC(=O)CNC(=O)NCc1cccc(CS(=O)(=O)NC)c1. The van der Waals surface area contributed by atoms with Gasteiger partial charge in [0.1, 0.15) is 0 Å². The number of aryl methyl sites for hydroxylation is 1. The van der Waals surface area contributed by atoms with Crippen molar-refractivity contribution in [2.45, 2.75) is 25.6 Å². The number of rotatable bonds is 9. The predicted octanol–water partition coefficient (Wildman–Crippen LogP) is 1.74. The summed E-state index contributed by atoms with van der Waals surface area (Å²) in [7, 11) is -2.00. The second-order valence-corrected chi connectivity index (χ2v) is 8.30. The van der Waals surface area contributed by atoms with Crippen molar-refractivity contribution >= 4 is 27.6 Å². The fourth-order valence-electron chi connectivity index (χ4n) is 2.67. The van der Waals surface area contributed by atoms with Gasteiger partial charge in [0, 0.05) is 12.2 Å². The lowest BCUT2D eigenvalue weighted by Gasteiger charge is -2.11. The Labute approximate surface area is 171 Å². The molecule has 0 saturated carbocycles. The molecule has 0 atom stereocenters. The molecule has 29 heavy (non-hydrogen) atoms. The van der Waals surface area contributed by atoms with Crippen LogP contribution in [0, 0.1) is 0 Å². The summed E-state index contributed by atoms with van der Waals surface area (Å²) in [5.41, 5.74) is 3.12. The average molecular weight is 419 g/mol. The van der Waals surface area contributed by atoms with Gasteiger partial charge >= 0.3 is 6.03 Å². The van der Waals surface area contributed by atoms with Gasteiger partial charge in [-0.2, -0.15) is 0 Å². The van der Waals surface area contributed by atoms with E-state index in [1.807, 2.05) is 31.2 Å². The van der Waals surface area contributed by atoms with Gasteiger partial charge in [-0.15, -0.1) is 0 Å². The zero-order valence-corrected chi connectivity index (χ0v) is 17.3. The number of para-hydroxylation sites is 1. The van der Waals surface area contributed by atoms with Crippen LogP contribution in [0.1, 0.15) is 23.6 Å². The highest BCUT2D eigenvalue weighted by atomic mass is 32.2. The average Bonchev–Trinajstić information content (AvgIpc) is 2.71. The van der Waals surface area contributed by atoms with Crippen molar-refractivity contribution < 1.29 is 18.0 Å². The Morgan fingerprint density at radius 2 is 1.69 bits per heavy atom. The maximum absolute atomic E-state index is 12.0. The van der Waals surface area contributed by atoms with E-state index in [0.29, 0.717) is 5.56 Å². The van der Waals surface area contributed by atoms with E-state index in [2.05, 4.69) is 20.7 Å². The number of hydrogen-bond donors (Lipinski definition) is 4. The zero-order chi connectivity index (χ0) is 21.3. The highest BCUT2D eigenvalue weighted by Crippen LogP contribution is 2.15. The molecule has 9 heteroatoms. The number of anilines is 1. The Hall–Kier alpha value is -2.91. The Bertz CT molecular complexity index is 960. The van der Waals surface area contributed by atoms with E-state index in [9.17, 15) is 18.0 Å². The number of nitrogens with one attached hydrogen (secondary N) is 4. The molecule has 0 heterocycles. The van der Waals surface area contributed by atoms with Gasteiger partial charge < -0.3 is 16.0 Å². The molecule has 0 unspecified atom stereocenters. The molecule has 4 N–H and O–H groups in total. The standard InChI is InChI=1S/C20H26N4O4S/c1-3-17-9-4-5-10-18(17)24-19(25)13-23-20(26)22-12-15-7-6-8-16(11-15)14-29(27,28)21-2/h4-11,21H,3,12-14H2,1-2H3,(H,24,25)(H2,22,23,26). The zero-order valence-electron chi connectivity index (χ0n) is 16.5. The first-order valence-corrected chi connectivity index (χ1v) is 10.9. The summed E-state index contributed by atoms with van der Waals surface area (Å²) in [6.45, 7) is 2.05. The summed E-state index contributed by atoms with van der Waals surface area (Å²) in [6, 6.07) is 13.9. The van der Waals surface area contributed by atoms with Crippen LogP contribution in [0.25, 0.3) is 0 Å². The molecule has 0 aliphatic carbocycles. The quantitative estimate of drug-likeness (QED) is 0.496. The molecule has 0 aliphatic rings. The number of benzene rings is 2. The van der Waals surface area contributed by atoms with Gasteiger partial charge in [0.15, 0.2) is 0 Å². The number of carbonyl (C=O) groups is 2. The van der Waals surface area contributed by atoms with Gasteiger partial charge in [-0.3, -0.25) is 4.79 Å². The Morgan fingerprint density at radius 3 is 2.41 bits per heavy atom. The van der Waals surface area contributed by atoms with Crippen molar-refractivity contribution in [3.8, 4) is 0 Å². The van der Waals surface area contributed by atoms with Crippen molar-refractivity contribution in [2.75, 3.05) is 18.9 Å². The summed E-state index contributed by atoms with van der Waals surface area (Å²) in [6.07, 6.45) is 0.791. The van der Waals surface area contributed by atoms with Crippen LogP contribution >= 0.6 is 0 Å². The van der Waals surface area contributed by atoms with Gasteiger partial charge in [-0.1, -0.05) is 49.4 Å². The van der Waals surface area contributed by atoms with E-state index in [1.165, 1.54) is 7.05 Å². The van der Waals surface area contributed by atoms with Gasteiger partial charge in [0.05, 0.1) is 12.3 Å². The highest BCUT2D eigenvalue weighted by Gasteiger charge is 2.10. The summed E-state index contributed by atoms with van der Waals surface area (Å²) in [4.78, 5) is 24.0. The van der Waals surface area contributed by atoms with E-state index in [1.54, 1.807) is 24.3 Å². The smallest absolute Gasteiger partial charge is 0.315 e. The molecule has 2 aromatic rings. The molecule has 0 aromatic heterocycles. The topological polar surface area (TPSA) is 116 Å². The Morgan fingerprint density at radius 1 is 0.966 bits per heavy atom. The number of urea groups is 1. The molecule has 8 nitrogen and oxygen atoms in total. The molecule has 0 aliphatic heterocycles. The second kappa shape index (κ2) is 10.6. The summed E-state index contributed by atoms with van der Waals surface area (Å²) in [5.74, 6) is -0.455. The maximum Gasteiger partial charge on any atom is 0.315 e. The first-order chi connectivity index (χ1) is 13.8. The number of carbonyl (C=O) groups excluding carboxylic acids is 2. The summed E-state index contributed by atoms with van der Waals surface area (Å²) >= 11 is 0. The third kappa shape index (κ3) is 7.55. The number of hydrogen-bond acceptors (Lipinski definition) is 4. The van der Waals surface area contributed by atoms with Gasteiger partial charge in [-0.05, 0) is 36.2 Å². The minimum absolute atomic E-state index is 0.136. The molecular weight excluding hydrogens is 392 g/mol. The summed E-state index contributed by atoms with van der Waals surface area (Å²) < 4.78 is 25.5. The predicted molar refractivity (Wildman–Crippen MR) is 113 cm³/mol. The molecule has 0 fully saturated rings. The van der Waals surface area contributed by atoms with Crippen LogP contribution in [0.15, 0.2) is 48.5 Å². The lowest BCUT2D eigenvalue weighted by molar-refractivity contribution is -0.115. The fraction of sp³-hybridized carbons (Fsp3) is 0.300. The molecule has 0 saturated heterocycles. The van der Waals surface area contributed by atoms with Crippen LogP contribution in [0.4, 0.5) is 10.5 Å². The Balaban J connectivity index is 1.80. The van der Waals surface area contributed by atoms with Gasteiger partial charge in [0.2, 0.25) is 15.9 Å². The molecule has 0 bridgehead atoms. The maximum atomic E-state index is 12.0. The molecule has 0 radical (unpaired) electrons. The van der Waals surface area contributed by atoms with Crippen LogP contribution in [-0.2, 0) is 33.5 Å². The molecular formula is C20H26N4O4S. The van der Waals surface area contributed by atoms with Crippen molar-refractivity contribution in [3.63, 3.8) is 0 Å². The highest BCUT2D eigenvalue weighted by molar-refractivity contribution is 7.88. The fourth-order valence-corrected chi connectivity index (χ4v) is 3.43. The second-order valence-electron chi connectivity index (χ2n) is 6.38. The van der Waals surface area contributed by atoms with Crippen LogP contribution in [0.2, 0.25) is 0 Å². The normalized spacial score (nSPS) is 11.0. The lowest BCUT2D eigenvalue weighted by Crippen LogP contribution is -2.39. The number of amides is 3. The number of sulfonamides is 1. The van der Waals surface area contributed by atoms with Gasteiger partial charge in [0.25, 0.3) is 0 Å². The minimum atomic E-state index is -3.36. The monoisotopic (exact) mass is 418 g/mol. The molecule has 3 amide bonds. The van der Waals surface area contributed by atoms with E-state index in [-0.39, 0.29) is 24.7 Å². The van der Waals surface area contributed by atoms with Crippen LogP contribution in [0.3, 0.4) is 0 Å². The summed E-state index contributed by atoms with van der Waals surface area (Å²) in [5, 5.41) is 7.94.